The molecule has 1 amide bonds. The lowest BCUT2D eigenvalue weighted by Gasteiger charge is -2.28. The standard InChI is InChI=1S/C14H20N2O3/c1-18-12-4-2-3-11(9-12)13(15)10-14(17)16-5-7-19-8-6-16/h2-4,9,13H,5-8,10,15H2,1H3. The summed E-state index contributed by atoms with van der Waals surface area (Å²) in [5.74, 6) is 0.838. The number of amides is 1. The molecule has 1 aliphatic rings. The van der Waals surface area contributed by atoms with E-state index in [4.69, 9.17) is 15.2 Å². The lowest BCUT2D eigenvalue weighted by molar-refractivity contribution is -0.135. The zero-order chi connectivity index (χ0) is 13.7. The van der Waals surface area contributed by atoms with Crippen LogP contribution >= 0.6 is 0 Å². The number of ether oxygens (including phenoxy) is 2. The number of methoxy groups -OCH3 is 1. The Morgan fingerprint density at radius 1 is 1.47 bits per heavy atom. The summed E-state index contributed by atoms with van der Waals surface area (Å²) in [7, 11) is 1.61. The predicted octanol–water partition coefficient (Wildman–Crippen LogP) is 0.944. The molecule has 104 valence electrons. The zero-order valence-corrected chi connectivity index (χ0v) is 11.2. The second-order valence-electron chi connectivity index (χ2n) is 4.58. The van der Waals surface area contributed by atoms with Crippen molar-refractivity contribution in [1.82, 2.24) is 4.90 Å². The van der Waals surface area contributed by atoms with E-state index in [1.807, 2.05) is 29.2 Å². The van der Waals surface area contributed by atoms with Crippen molar-refractivity contribution in [2.75, 3.05) is 33.4 Å². The van der Waals surface area contributed by atoms with E-state index in [2.05, 4.69) is 0 Å². The summed E-state index contributed by atoms with van der Waals surface area (Å²) in [6, 6.07) is 7.23. The average molecular weight is 264 g/mol. The van der Waals surface area contributed by atoms with Crippen molar-refractivity contribution in [2.45, 2.75) is 12.5 Å². The topological polar surface area (TPSA) is 64.8 Å². The van der Waals surface area contributed by atoms with Crippen molar-refractivity contribution in [2.24, 2.45) is 5.73 Å². The number of nitrogens with two attached hydrogens (primary N) is 1. The number of benzene rings is 1. The van der Waals surface area contributed by atoms with Crippen molar-refractivity contribution in [1.29, 1.82) is 0 Å². The Morgan fingerprint density at radius 3 is 2.89 bits per heavy atom. The van der Waals surface area contributed by atoms with Crippen molar-refractivity contribution < 1.29 is 14.3 Å². The fourth-order valence-corrected chi connectivity index (χ4v) is 2.12. The van der Waals surface area contributed by atoms with Crippen LogP contribution in [0.25, 0.3) is 0 Å². The van der Waals surface area contributed by atoms with Gasteiger partial charge in [0.15, 0.2) is 0 Å². The van der Waals surface area contributed by atoms with Crippen molar-refractivity contribution >= 4 is 5.91 Å². The SMILES string of the molecule is COc1cccc(C(N)CC(=O)N2CCOCC2)c1. The van der Waals surface area contributed by atoms with Gasteiger partial charge in [-0.1, -0.05) is 12.1 Å². The quantitative estimate of drug-likeness (QED) is 0.879. The lowest BCUT2D eigenvalue weighted by atomic mass is 10.0. The average Bonchev–Trinajstić information content (AvgIpc) is 2.48. The fraction of sp³-hybridized carbons (Fsp3) is 0.500. The number of carbonyl (C=O) groups excluding carboxylic acids is 1. The summed E-state index contributed by atoms with van der Waals surface area (Å²) in [5.41, 5.74) is 7.01. The third kappa shape index (κ3) is 3.68. The fourth-order valence-electron chi connectivity index (χ4n) is 2.12. The van der Waals surface area contributed by atoms with Gasteiger partial charge in [-0.05, 0) is 17.7 Å². The molecule has 1 aromatic carbocycles. The molecule has 2 rings (SSSR count). The molecular formula is C14H20N2O3. The summed E-state index contributed by atoms with van der Waals surface area (Å²) in [5, 5.41) is 0. The summed E-state index contributed by atoms with van der Waals surface area (Å²) in [6.45, 7) is 2.54. The molecule has 19 heavy (non-hydrogen) atoms. The van der Waals surface area contributed by atoms with Crippen LogP contribution in [0.1, 0.15) is 18.0 Å². The lowest BCUT2D eigenvalue weighted by Crippen LogP contribution is -2.41. The van der Waals surface area contributed by atoms with Crippen molar-refractivity contribution in [3.05, 3.63) is 29.8 Å². The van der Waals surface area contributed by atoms with Crippen LogP contribution in [0.3, 0.4) is 0 Å². The van der Waals surface area contributed by atoms with E-state index < -0.39 is 0 Å². The number of morpholine rings is 1. The Bertz CT molecular complexity index is 430. The second-order valence-corrected chi connectivity index (χ2v) is 4.58. The summed E-state index contributed by atoms with van der Waals surface area (Å²) in [6.07, 6.45) is 0.313. The molecule has 1 unspecified atom stereocenters. The van der Waals surface area contributed by atoms with Gasteiger partial charge in [-0.3, -0.25) is 4.79 Å². The number of hydrogen-bond donors (Lipinski definition) is 1. The molecule has 1 aromatic rings. The van der Waals surface area contributed by atoms with Gasteiger partial charge >= 0.3 is 0 Å². The minimum atomic E-state index is -0.301. The Morgan fingerprint density at radius 2 is 2.21 bits per heavy atom. The van der Waals surface area contributed by atoms with Gasteiger partial charge in [0.1, 0.15) is 5.75 Å². The molecule has 1 heterocycles. The van der Waals surface area contributed by atoms with Gasteiger partial charge in [-0.25, -0.2) is 0 Å². The minimum absolute atomic E-state index is 0.0821. The molecule has 1 saturated heterocycles. The highest BCUT2D eigenvalue weighted by Gasteiger charge is 2.20. The molecule has 0 aliphatic carbocycles. The van der Waals surface area contributed by atoms with E-state index in [1.165, 1.54) is 0 Å². The van der Waals surface area contributed by atoms with Gasteiger partial charge in [0, 0.05) is 25.6 Å². The smallest absolute Gasteiger partial charge is 0.224 e. The Balaban J connectivity index is 1.95. The first-order valence-electron chi connectivity index (χ1n) is 6.46. The van der Waals surface area contributed by atoms with Gasteiger partial charge in [-0.2, -0.15) is 0 Å². The summed E-state index contributed by atoms with van der Waals surface area (Å²) in [4.78, 5) is 13.9. The summed E-state index contributed by atoms with van der Waals surface area (Å²) < 4.78 is 10.4. The molecule has 5 nitrogen and oxygen atoms in total. The van der Waals surface area contributed by atoms with Crippen LogP contribution < -0.4 is 10.5 Å². The van der Waals surface area contributed by atoms with Crippen LogP contribution in [0.2, 0.25) is 0 Å². The van der Waals surface area contributed by atoms with Crippen LogP contribution in [0, 0.1) is 0 Å². The maximum absolute atomic E-state index is 12.1. The van der Waals surface area contributed by atoms with Gasteiger partial charge in [0.25, 0.3) is 0 Å². The number of hydrogen-bond acceptors (Lipinski definition) is 4. The maximum Gasteiger partial charge on any atom is 0.224 e. The molecule has 1 fully saturated rings. The Labute approximate surface area is 113 Å². The first-order chi connectivity index (χ1) is 9.20. The number of rotatable bonds is 4. The van der Waals surface area contributed by atoms with E-state index in [-0.39, 0.29) is 11.9 Å². The van der Waals surface area contributed by atoms with E-state index in [9.17, 15) is 4.79 Å². The van der Waals surface area contributed by atoms with Crippen LogP contribution in [0.5, 0.6) is 5.75 Å². The van der Waals surface area contributed by atoms with Crippen molar-refractivity contribution in [3.8, 4) is 5.75 Å². The molecule has 0 saturated carbocycles. The van der Waals surface area contributed by atoms with Gasteiger partial charge in [0.05, 0.1) is 20.3 Å². The normalized spacial score (nSPS) is 17.1. The van der Waals surface area contributed by atoms with Gasteiger partial charge in [-0.15, -0.1) is 0 Å². The monoisotopic (exact) mass is 264 g/mol. The third-order valence-corrected chi connectivity index (χ3v) is 3.28. The zero-order valence-electron chi connectivity index (χ0n) is 11.2. The molecule has 0 aromatic heterocycles. The van der Waals surface area contributed by atoms with E-state index in [1.54, 1.807) is 7.11 Å². The highest BCUT2D eigenvalue weighted by atomic mass is 16.5. The maximum atomic E-state index is 12.1. The number of carbonyl (C=O) groups is 1. The first-order valence-corrected chi connectivity index (χ1v) is 6.46. The second kappa shape index (κ2) is 6.54. The molecule has 0 radical (unpaired) electrons. The largest absolute Gasteiger partial charge is 0.497 e. The third-order valence-electron chi connectivity index (χ3n) is 3.28. The Kier molecular flexibility index (Phi) is 4.76. The van der Waals surface area contributed by atoms with Crippen LogP contribution in [-0.2, 0) is 9.53 Å². The highest BCUT2D eigenvalue weighted by Crippen LogP contribution is 2.20. The molecular weight excluding hydrogens is 244 g/mol. The van der Waals surface area contributed by atoms with Crippen LogP contribution in [0.4, 0.5) is 0 Å². The predicted molar refractivity (Wildman–Crippen MR) is 71.9 cm³/mol. The van der Waals surface area contributed by atoms with Gasteiger partial charge < -0.3 is 20.1 Å². The summed E-state index contributed by atoms with van der Waals surface area (Å²) >= 11 is 0. The molecule has 0 bridgehead atoms. The molecule has 5 heteroatoms. The molecule has 2 N–H and O–H groups in total. The van der Waals surface area contributed by atoms with E-state index in [0.29, 0.717) is 32.7 Å². The van der Waals surface area contributed by atoms with E-state index in [0.717, 1.165) is 11.3 Å². The first kappa shape index (κ1) is 13.8. The number of nitrogens with zero attached hydrogens (tertiary/aromatic N) is 1. The highest BCUT2D eigenvalue weighted by molar-refractivity contribution is 5.77. The van der Waals surface area contributed by atoms with E-state index >= 15 is 0 Å². The van der Waals surface area contributed by atoms with Crippen molar-refractivity contribution in [3.63, 3.8) is 0 Å². The molecule has 1 atom stereocenters. The van der Waals surface area contributed by atoms with Gasteiger partial charge in [0.2, 0.25) is 5.91 Å². The Hall–Kier alpha value is -1.59. The van der Waals surface area contributed by atoms with Crippen LogP contribution in [0.15, 0.2) is 24.3 Å². The minimum Gasteiger partial charge on any atom is -0.497 e. The molecule has 1 aliphatic heterocycles. The molecule has 0 spiro atoms. The van der Waals surface area contributed by atoms with Crippen LogP contribution in [-0.4, -0.2) is 44.2 Å².